The van der Waals surface area contributed by atoms with Gasteiger partial charge in [-0.25, -0.2) is 4.98 Å². The number of aromatic amines is 1. The zero-order valence-corrected chi connectivity index (χ0v) is 19.2. The molecule has 1 aromatic heterocycles. The molecule has 0 radical (unpaired) electrons. The average molecular weight is 470 g/mol. The number of H-pyrrole nitrogens is 1. The van der Waals surface area contributed by atoms with Crippen molar-refractivity contribution < 1.29 is 9.53 Å². The minimum Gasteiger partial charge on any atom is -0.489 e. The first-order valence-electron chi connectivity index (χ1n) is 11.0. The maximum atomic E-state index is 13.2. The second kappa shape index (κ2) is 9.16. The van der Waals surface area contributed by atoms with Gasteiger partial charge in [0.2, 0.25) is 5.91 Å². The topological polar surface area (TPSA) is 58.2 Å². The molecule has 1 aliphatic heterocycles. The molecule has 1 fully saturated rings. The SMILES string of the molecule is O=C1C(Cc2c(Cl)cc(OCc3ccccc3)cc2Cl)CCN1C1CCc2nc[nH]c2C1. The molecule has 2 heterocycles. The van der Waals surface area contributed by atoms with E-state index in [0.29, 0.717) is 28.8 Å². The van der Waals surface area contributed by atoms with Crippen LogP contribution in [0.1, 0.15) is 35.4 Å². The summed E-state index contributed by atoms with van der Waals surface area (Å²) in [5.41, 5.74) is 4.19. The molecule has 1 N–H and O–H groups in total. The van der Waals surface area contributed by atoms with Gasteiger partial charge in [0.15, 0.2) is 0 Å². The Kier molecular flexibility index (Phi) is 6.11. The van der Waals surface area contributed by atoms with Gasteiger partial charge in [0.25, 0.3) is 0 Å². The lowest BCUT2D eigenvalue weighted by molar-refractivity contribution is -0.133. The summed E-state index contributed by atoms with van der Waals surface area (Å²) in [5.74, 6) is 0.739. The molecular weight excluding hydrogens is 445 g/mol. The maximum Gasteiger partial charge on any atom is 0.226 e. The third-order valence-electron chi connectivity index (χ3n) is 6.57. The number of carbonyl (C=O) groups excluding carboxylic acids is 1. The fraction of sp³-hybridized carbons (Fsp3) is 0.360. The number of fused-ring (bicyclic) bond motifs is 1. The van der Waals surface area contributed by atoms with E-state index in [1.165, 1.54) is 0 Å². The normalized spacial score (nSPS) is 20.4. The predicted octanol–water partition coefficient (Wildman–Crippen LogP) is 5.24. The van der Waals surface area contributed by atoms with Crippen LogP contribution in [-0.2, 0) is 30.7 Å². The lowest BCUT2D eigenvalue weighted by Gasteiger charge is -2.31. The Morgan fingerprint density at radius 2 is 1.91 bits per heavy atom. The zero-order chi connectivity index (χ0) is 22.1. The van der Waals surface area contributed by atoms with Gasteiger partial charge in [-0.2, -0.15) is 0 Å². The van der Waals surface area contributed by atoms with Crippen LogP contribution in [0, 0.1) is 5.92 Å². The van der Waals surface area contributed by atoms with E-state index < -0.39 is 0 Å². The number of imidazole rings is 1. The van der Waals surface area contributed by atoms with E-state index in [0.717, 1.165) is 54.7 Å². The Morgan fingerprint density at radius 3 is 2.69 bits per heavy atom. The van der Waals surface area contributed by atoms with Crippen LogP contribution in [0.3, 0.4) is 0 Å². The minimum absolute atomic E-state index is 0.0933. The maximum absolute atomic E-state index is 13.2. The summed E-state index contributed by atoms with van der Waals surface area (Å²) in [6.07, 6.45) is 5.85. The highest BCUT2D eigenvalue weighted by Crippen LogP contribution is 2.36. The molecule has 1 aliphatic carbocycles. The Balaban J connectivity index is 1.23. The van der Waals surface area contributed by atoms with Crippen molar-refractivity contribution in [2.75, 3.05) is 6.54 Å². The third-order valence-corrected chi connectivity index (χ3v) is 7.24. The molecule has 1 amide bonds. The van der Waals surface area contributed by atoms with Crippen LogP contribution >= 0.6 is 23.2 Å². The van der Waals surface area contributed by atoms with E-state index in [-0.39, 0.29) is 17.9 Å². The fourth-order valence-electron chi connectivity index (χ4n) is 4.81. The summed E-state index contributed by atoms with van der Waals surface area (Å²) < 4.78 is 5.87. The number of benzene rings is 2. The number of hydrogen-bond acceptors (Lipinski definition) is 3. The molecule has 1 saturated heterocycles. The monoisotopic (exact) mass is 469 g/mol. The number of nitrogens with zero attached hydrogens (tertiary/aromatic N) is 2. The largest absolute Gasteiger partial charge is 0.489 e. The number of halogens is 2. The van der Waals surface area contributed by atoms with Crippen LogP contribution in [0.4, 0.5) is 0 Å². The van der Waals surface area contributed by atoms with Crippen molar-refractivity contribution >= 4 is 29.1 Å². The molecule has 7 heteroatoms. The van der Waals surface area contributed by atoms with Crippen molar-refractivity contribution in [1.29, 1.82) is 0 Å². The van der Waals surface area contributed by atoms with Crippen LogP contribution in [-0.4, -0.2) is 33.4 Å². The third kappa shape index (κ3) is 4.37. The summed E-state index contributed by atoms with van der Waals surface area (Å²) in [7, 11) is 0. The van der Waals surface area contributed by atoms with Crippen molar-refractivity contribution in [3.05, 3.63) is 81.4 Å². The molecule has 2 unspecified atom stereocenters. The number of likely N-dealkylation sites (tertiary alicyclic amines) is 1. The van der Waals surface area contributed by atoms with Crippen LogP contribution < -0.4 is 4.74 Å². The molecule has 0 bridgehead atoms. The van der Waals surface area contributed by atoms with Crippen LogP contribution in [0.2, 0.25) is 10.0 Å². The first-order chi connectivity index (χ1) is 15.6. The molecule has 2 atom stereocenters. The summed E-state index contributed by atoms with van der Waals surface area (Å²) in [4.78, 5) is 22.8. The number of nitrogens with one attached hydrogen (secondary N) is 1. The van der Waals surface area contributed by atoms with E-state index in [1.807, 2.05) is 35.2 Å². The molecule has 5 nitrogen and oxygen atoms in total. The number of aromatic nitrogens is 2. The molecule has 3 aromatic rings. The quantitative estimate of drug-likeness (QED) is 0.536. The number of amides is 1. The molecular formula is C25H25Cl2N3O2. The van der Waals surface area contributed by atoms with E-state index in [1.54, 1.807) is 18.5 Å². The smallest absolute Gasteiger partial charge is 0.226 e. The first kappa shape index (κ1) is 21.4. The van der Waals surface area contributed by atoms with Crippen molar-refractivity contribution in [3.63, 3.8) is 0 Å². The van der Waals surface area contributed by atoms with Crippen LogP contribution in [0.5, 0.6) is 5.75 Å². The lowest BCUT2D eigenvalue weighted by atomic mass is 9.94. The number of ether oxygens (including phenoxy) is 1. The Hall–Kier alpha value is -2.50. The lowest BCUT2D eigenvalue weighted by Crippen LogP contribution is -2.41. The first-order valence-corrected chi connectivity index (χ1v) is 11.8. The molecule has 0 saturated carbocycles. The van der Waals surface area contributed by atoms with E-state index >= 15 is 0 Å². The summed E-state index contributed by atoms with van der Waals surface area (Å²) in [6.45, 7) is 1.23. The van der Waals surface area contributed by atoms with E-state index in [4.69, 9.17) is 27.9 Å². The highest BCUT2D eigenvalue weighted by Gasteiger charge is 2.38. The predicted molar refractivity (Wildman–Crippen MR) is 125 cm³/mol. The standard InChI is InChI=1S/C25H25Cl2N3O2/c26-21-12-19(32-14-16-4-2-1-3-5-16)13-22(27)20(21)10-17-8-9-30(25(17)31)18-6-7-23-24(11-18)29-15-28-23/h1-5,12-13,15,17-18H,6-11,14H2,(H,28,29). The molecule has 2 aromatic carbocycles. The minimum atomic E-state index is -0.0933. The van der Waals surface area contributed by atoms with Crippen molar-refractivity contribution in [2.45, 2.75) is 44.8 Å². The molecule has 0 spiro atoms. The van der Waals surface area contributed by atoms with E-state index in [9.17, 15) is 4.79 Å². The average Bonchev–Trinajstić information content (AvgIpc) is 3.41. The van der Waals surface area contributed by atoms with Gasteiger partial charge in [0, 0.05) is 40.7 Å². The Bertz CT molecular complexity index is 1090. The highest BCUT2D eigenvalue weighted by atomic mass is 35.5. The summed E-state index contributed by atoms with van der Waals surface area (Å²) in [6, 6.07) is 13.8. The van der Waals surface area contributed by atoms with Gasteiger partial charge in [-0.3, -0.25) is 4.79 Å². The number of hydrogen-bond donors (Lipinski definition) is 1. The molecule has 2 aliphatic rings. The van der Waals surface area contributed by atoms with E-state index in [2.05, 4.69) is 9.97 Å². The molecule has 166 valence electrons. The summed E-state index contributed by atoms with van der Waals surface area (Å²) in [5, 5.41) is 1.10. The van der Waals surface area contributed by atoms with Gasteiger partial charge in [0.1, 0.15) is 12.4 Å². The van der Waals surface area contributed by atoms with Crippen LogP contribution in [0.15, 0.2) is 48.8 Å². The number of rotatable bonds is 6. The van der Waals surface area contributed by atoms with Gasteiger partial charge in [0.05, 0.1) is 12.0 Å². The fourth-order valence-corrected chi connectivity index (χ4v) is 5.43. The van der Waals surface area contributed by atoms with Crippen LogP contribution in [0.25, 0.3) is 0 Å². The molecule has 5 rings (SSSR count). The van der Waals surface area contributed by atoms with Crippen molar-refractivity contribution in [1.82, 2.24) is 14.9 Å². The number of aryl methyl sites for hydroxylation is 1. The van der Waals surface area contributed by atoms with Gasteiger partial charge in [-0.15, -0.1) is 0 Å². The molecule has 32 heavy (non-hydrogen) atoms. The second-order valence-electron chi connectivity index (χ2n) is 8.59. The summed E-state index contributed by atoms with van der Waals surface area (Å²) >= 11 is 13.1. The zero-order valence-electron chi connectivity index (χ0n) is 17.7. The van der Waals surface area contributed by atoms with Gasteiger partial charge < -0.3 is 14.6 Å². The van der Waals surface area contributed by atoms with Crippen molar-refractivity contribution in [3.8, 4) is 5.75 Å². The highest BCUT2D eigenvalue weighted by molar-refractivity contribution is 6.36. The number of carbonyl (C=O) groups is 1. The van der Waals surface area contributed by atoms with Crippen molar-refractivity contribution in [2.24, 2.45) is 5.92 Å². The Labute approximate surface area is 197 Å². The van der Waals surface area contributed by atoms with Gasteiger partial charge in [-0.1, -0.05) is 53.5 Å². The second-order valence-corrected chi connectivity index (χ2v) is 9.40. The Morgan fingerprint density at radius 1 is 1.12 bits per heavy atom. The van der Waals surface area contributed by atoms with Gasteiger partial charge in [-0.05, 0) is 48.9 Å². The van der Waals surface area contributed by atoms with Gasteiger partial charge >= 0.3 is 0 Å².